The number of nitrogens with zero attached hydrogens (tertiary/aromatic N) is 3. The van der Waals surface area contributed by atoms with Gasteiger partial charge in [0.25, 0.3) is 0 Å². The molecule has 1 aliphatic heterocycles. The van der Waals surface area contributed by atoms with Crippen LogP contribution in [0.4, 0.5) is 0 Å². The Balaban J connectivity index is 1.05. The summed E-state index contributed by atoms with van der Waals surface area (Å²) in [7, 11) is 0. The number of aliphatic imine (C=N–C) groups is 2. The normalized spacial score (nSPS) is 14.5. The van der Waals surface area contributed by atoms with Crippen molar-refractivity contribution in [1.82, 2.24) is 4.98 Å². The molecule has 10 aromatic rings. The van der Waals surface area contributed by atoms with Gasteiger partial charge in [-0.3, -0.25) is 9.98 Å². The molecular weight excluding hydrogens is 671 g/mol. The molecule has 0 bridgehead atoms. The molecule has 258 valence electrons. The van der Waals surface area contributed by atoms with Gasteiger partial charge in [0.05, 0.1) is 11.8 Å². The van der Waals surface area contributed by atoms with E-state index in [-0.39, 0.29) is 6.04 Å². The molecule has 4 nitrogen and oxygen atoms in total. The summed E-state index contributed by atoms with van der Waals surface area (Å²) in [6.45, 7) is 0. The first kappa shape index (κ1) is 31.4. The predicted octanol–water partition coefficient (Wildman–Crippen LogP) is 13.2. The van der Waals surface area contributed by atoms with Gasteiger partial charge in [-0.1, -0.05) is 152 Å². The monoisotopic (exact) mass is 703 g/mol. The highest BCUT2D eigenvalue weighted by Crippen LogP contribution is 2.38. The molecule has 0 saturated carbocycles. The zero-order chi connectivity index (χ0) is 36.3. The van der Waals surface area contributed by atoms with Gasteiger partial charge in [0.2, 0.25) is 0 Å². The summed E-state index contributed by atoms with van der Waals surface area (Å²) in [6, 6.07) is 60.0. The first-order valence-electron chi connectivity index (χ1n) is 18.8. The van der Waals surface area contributed by atoms with Gasteiger partial charge >= 0.3 is 0 Å². The number of benzene rings is 8. The second kappa shape index (κ2) is 12.8. The first-order chi connectivity index (χ1) is 27.2. The zero-order valence-electron chi connectivity index (χ0n) is 29.9. The van der Waals surface area contributed by atoms with Crippen molar-refractivity contribution in [3.8, 4) is 22.3 Å². The van der Waals surface area contributed by atoms with Crippen molar-refractivity contribution in [2.75, 3.05) is 0 Å². The summed E-state index contributed by atoms with van der Waals surface area (Å²) < 4.78 is 6.39. The van der Waals surface area contributed by atoms with Gasteiger partial charge in [0.1, 0.15) is 11.2 Å². The molecule has 0 saturated heterocycles. The molecule has 0 aliphatic carbocycles. The van der Waals surface area contributed by atoms with Gasteiger partial charge in [-0.2, -0.15) is 0 Å². The Labute approximate surface area is 317 Å². The maximum absolute atomic E-state index is 6.39. The minimum atomic E-state index is -0.139. The standard InChI is InChI=1S/C51H33N3O/c1-3-15-38-35(11-1)28-45(42-18-6-5-17-41(38)42)48-29-47(36-14-9-13-34(27-36)46-31-52-30-37-12-2-4-16-39(37)46)53-51(54-48)33-25-23-32(24-26-33)40-20-10-21-44-43-19-7-8-22-49(43)55-50(40)44/h1-28,30-31,47H,29H2. The maximum atomic E-state index is 6.39. The lowest BCUT2D eigenvalue weighted by atomic mass is 9.89. The highest BCUT2D eigenvalue weighted by atomic mass is 16.3. The van der Waals surface area contributed by atoms with Crippen molar-refractivity contribution in [2.24, 2.45) is 9.98 Å². The second-order valence-corrected chi connectivity index (χ2v) is 14.3. The first-order valence-corrected chi connectivity index (χ1v) is 18.8. The number of hydrogen-bond acceptors (Lipinski definition) is 4. The molecule has 8 aromatic carbocycles. The average molecular weight is 704 g/mol. The Kier molecular flexibility index (Phi) is 7.27. The van der Waals surface area contributed by atoms with E-state index in [1.165, 1.54) is 26.9 Å². The van der Waals surface area contributed by atoms with Gasteiger partial charge in [-0.15, -0.1) is 0 Å². The van der Waals surface area contributed by atoms with Crippen molar-refractivity contribution >= 4 is 65.8 Å². The molecule has 1 atom stereocenters. The third kappa shape index (κ3) is 5.33. The van der Waals surface area contributed by atoms with E-state index < -0.39 is 0 Å². The zero-order valence-corrected chi connectivity index (χ0v) is 29.9. The molecule has 1 aliphatic rings. The molecule has 3 heterocycles. The predicted molar refractivity (Wildman–Crippen MR) is 228 cm³/mol. The van der Waals surface area contributed by atoms with E-state index in [2.05, 4.69) is 163 Å². The van der Waals surface area contributed by atoms with Gasteiger partial charge in [-0.05, 0) is 61.8 Å². The Morgan fingerprint density at radius 2 is 1.15 bits per heavy atom. The van der Waals surface area contributed by atoms with Crippen molar-refractivity contribution in [2.45, 2.75) is 12.5 Å². The minimum Gasteiger partial charge on any atom is -0.455 e. The molecule has 0 fully saturated rings. The molecule has 55 heavy (non-hydrogen) atoms. The van der Waals surface area contributed by atoms with Crippen LogP contribution in [-0.2, 0) is 0 Å². The van der Waals surface area contributed by atoms with Crippen LogP contribution in [0.1, 0.15) is 29.2 Å². The van der Waals surface area contributed by atoms with Crippen LogP contribution in [0.2, 0.25) is 0 Å². The maximum Gasteiger partial charge on any atom is 0.155 e. The third-order valence-corrected chi connectivity index (χ3v) is 11.1. The smallest absolute Gasteiger partial charge is 0.155 e. The summed E-state index contributed by atoms with van der Waals surface area (Å²) in [6.07, 6.45) is 4.58. The molecule has 0 N–H and O–H groups in total. The van der Waals surface area contributed by atoms with Gasteiger partial charge < -0.3 is 4.42 Å². The lowest BCUT2D eigenvalue weighted by Crippen LogP contribution is -2.18. The van der Waals surface area contributed by atoms with Crippen LogP contribution < -0.4 is 0 Å². The molecule has 1 unspecified atom stereocenters. The molecule has 0 spiro atoms. The fraction of sp³-hybridized carbons (Fsp3) is 0.0392. The van der Waals surface area contributed by atoms with Crippen molar-refractivity contribution in [3.05, 3.63) is 199 Å². The van der Waals surface area contributed by atoms with E-state index in [1.807, 2.05) is 24.5 Å². The lowest BCUT2D eigenvalue weighted by molar-refractivity contribution is 0.670. The van der Waals surface area contributed by atoms with Crippen molar-refractivity contribution in [3.63, 3.8) is 0 Å². The topological polar surface area (TPSA) is 50.8 Å². The van der Waals surface area contributed by atoms with Crippen LogP contribution in [0.15, 0.2) is 197 Å². The summed E-state index contributed by atoms with van der Waals surface area (Å²) in [4.78, 5) is 15.4. The molecule has 0 radical (unpaired) electrons. The minimum absolute atomic E-state index is 0.139. The van der Waals surface area contributed by atoms with Crippen LogP contribution >= 0.6 is 0 Å². The Morgan fingerprint density at radius 3 is 2.02 bits per heavy atom. The van der Waals surface area contributed by atoms with Crippen LogP contribution in [0, 0.1) is 0 Å². The second-order valence-electron chi connectivity index (χ2n) is 14.3. The van der Waals surface area contributed by atoms with Crippen LogP contribution in [0.25, 0.3) is 76.5 Å². The van der Waals surface area contributed by atoms with Gasteiger partial charge in [0, 0.05) is 57.2 Å². The van der Waals surface area contributed by atoms with Crippen LogP contribution in [-0.4, -0.2) is 16.5 Å². The highest BCUT2D eigenvalue weighted by Gasteiger charge is 2.25. The fourth-order valence-electron chi connectivity index (χ4n) is 8.41. The third-order valence-electron chi connectivity index (χ3n) is 11.1. The lowest BCUT2D eigenvalue weighted by Gasteiger charge is -2.23. The quantitative estimate of drug-likeness (QED) is 0.168. The Hall–Kier alpha value is -7.17. The number of furan rings is 1. The largest absolute Gasteiger partial charge is 0.455 e. The summed E-state index contributed by atoms with van der Waals surface area (Å²) in [5, 5.41) is 9.44. The molecule has 2 aromatic heterocycles. The van der Waals surface area contributed by atoms with Crippen LogP contribution in [0.3, 0.4) is 0 Å². The summed E-state index contributed by atoms with van der Waals surface area (Å²) in [5.41, 5.74) is 10.5. The van der Waals surface area contributed by atoms with Crippen LogP contribution in [0.5, 0.6) is 0 Å². The Morgan fingerprint density at radius 1 is 0.455 bits per heavy atom. The van der Waals surface area contributed by atoms with E-state index in [9.17, 15) is 0 Å². The Bertz CT molecular complexity index is 3180. The molecule has 0 amide bonds. The van der Waals surface area contributed by atoms with E-state index >= 15 is 0 Å². The average Bonchev–Trinajstić information content (AvgIpc) is 3.65. The van der Waals surface area contributed by atoms with E-state index in [4.69, 9.17) is 14.4 Å². The van der Waals surface area contributed by atoms with Gasteiger partial charge in [-0.25, -0.2) is 4.99 Å². The molecule has 4 heteroatoms. The van der Waals surface area contributed by atoms with E-state index in [0.717, 1.165) is 77.8 Å². The number of para-hydroxylation sites is 2. The number of hydrogen-bond donors (Lipinski definition) is 0. The van der Waals surface area contributed by atoms with Crippen molar-refractivity contribution < 1.29 is 4.42 Å². The summed E-state index contributed by atoms with van der Waals surface area (Å²) >= 11 is 0. The van der Waals surface area contributed by atoms with Crippen molar-refractivity contribution in [1.29, 1.82) is 0 Å². The number of amidine groups is 1. The van der Waals surface area contributed by atoms with E-state index in [1.54, 1.807) is 0 Å². The van der Waals surface area contributed by atoms with E-state index in [0.29, 0.717) is 6.42 Å². The SMILES string of the molecule is c1cc(-c2cncc3ccccc23)cc(C2CC(c3cc4ccccc4c4ccccc34)=NC(c3ccc(-c4cccc5c4oc4ccccc45)cc3)=N2)c1. The molecular formula is C51H33N3O. The highest BCUT2D eigenvalue weighted by molar-refractivity contribution is 6.23. The number of pyridine rings is 1. The number of aromatic nitrogens is 1. The summed E-state index contributed by atoms with van der Waals surface area (Å²) in [5.74, 6) is 0.731. The molecule has 11 rings (SSSR count). The van der Waals surface area contributed by atoms with Gasteiger partial charge in [0.15, 0.2) is 5.84 Å². The fourth-order valence-corrected chi connectivity index (χ4v) is 8.41. The number of rotatable bonds is 5. The number of fused-ring (bicyclic) bond motifs is 7.